The highest BCUT2D eigenvalue weighted by atomic mass is 35.5. The summed E-state index contributed by atoms with van der Waals surface area (Å²) < 4.78 is 11.7. The van der Waals surface area contributed by atoms with Crippen molar-refractivity contribution in [3.8, 4) is 5.75 Å². The van der Waals surface area contributed by atoms with Crippen LogP contribution in [0.2, 0.25) is 5.02 Å². The third-order valence-corrected chi connectivity index (χ3v) is 6.35. The van der Waals surface area contributed by atoms with E-state index in [4.69, 9.17) is 26.2 Å². The highest BCUT2D eigenvalue weighted by molar-refractivity contribution is 6.30. The Balaban J connectivity index is 1.49. The molecule has 6 nitrogen and oxygen atoms in total. The average molecular weight is 439 g/mol. The summed E-state index contributed by atoms with van der Waals surface area (Å²) in [6, 6.07) is 7.02. The van der Waals surface area contributed by atoms with E-state index in [1.54, 1.807) is 30.3 Å². The van der Waals surface area contributed by atoms with Crippen LogP contribution in [0.1, 0.15) is 38.5 Å². The molecule has 3 N–H and O–H groups in total. The molecular weight excluding hydrogens is 408 g/mol. The molecular formula is C23H31ClO6. The van der Waals surface area contributed by atoms with Crippen LogP contribution in [0.5, 0.6) is 5.75 Å². The molecule has 1 aliphatic heterocycles. The van der Waals surface area contributed by atoms with Gasteiger partial charge in [0.25, 0.3) is 0 Å². The molecule has 3 rings (SSSR count). The van der Waals surface area contributed by atoms with Crippen LogP contribution in [0.15, 0.2) is 36.4 Å². The molecule has 1 aromatic carbocycles. The lowest BCUT2D eigenvalue weighted by molar-refractivity contribution is -0.137. The van der Waals surface area contributed by atoms with Crippen molar-refractivity contribution in [1.29, 1.82) is 0 Å². The Bertz CT molecular complexity index is 723. The monoisotopic (exact) mass is 438 g/mol. The van der Waals surface area contributed by atoms with Crippen molar-refractivity contribution in [1.82, 2.24) is 0 Å². The fourth-order valence-corrected chi connectivity index (χ4v) is 4.72. The topological polar surface area (TPSA) is 96.2 Å². The zero-order valence-corrected chi connectivity index (χ0v) is 17.8. The summed E-state index contributed by atoms with van der Waals surface area (Å²) >= 11 is 5.93. The number of hydrogen-bond donors (Lipinski definition) is 3. The number of rotatable bonds is 9. The van der Waals surface area contributed by atoms with Crippen molar-refractivity contribution in [3.05, 3.63) is 41.4 Å². The predicted octanol–water partition coefficient (Wildman–Crippen LogP) is 3.68. The van der Waals surface area contributed by atoms with E-state index in [0.29, 0.717) is 36.1 Å². The number of fused-ring (bicyclic) bond motifs is 1. The van der Waals surface area contributed by atoms with Crippen LogP contribution >= 0.6 is 11.6 Å². The quantitative estimate of drug-likeness (QED) is 0.509. The number of ether oxygens (including phenoxy) is 2. The molecule has 1 saturated heterocycles. The van der Waals surface area contributed by atoms with Gasteiger partial charge in [-0.25, -0.2) is 0 Å². The number of carboxylic acids is 1. The van der Waals surface area contributed by atoms with Gasteiger partial charge in [-0.3, -0.25) is 4.79 Å². The highest BCUT2D eigenvalue weighted by Crippen LogP contribution is 2.42. The number of aliphatic carboxylic acids is 1. The fraction of sp³-hybridized carbons (Fsp3) is 0.609. The number of benzene rings is 1. The molecule has 1 heterocycles. The van der Waals surface area contributed by atoms with Crippen LogP contribution in [-0.4, -0.2) is 52.8 Å². The standard InChI is InChI=1S/C23H31ClO6/c24-16-4-2-5-18(11-16)29-14-17(25)8-10-19-20-9-7-15(3-1-6-23(27)28)13-30-22(20)12-21(19)26/h2,4-5,8,10-11,15,17,19-22,25-26H,1,3,6-7,9,12-14H2,(H,27,28)/t15-,17-,19+,20+,21+,22-/m0/s1. The second-order valence-corrected chi connectivity index (χ2v) is 8.80. The van der Waals surface area contributed by atoms with Crippen LogP contribution in [0.25, 0.3) is 0 Å². The summed E-state index contributed by atoms with van der Waals surface area (Å²) in [4.78, 5) is 10.7. The van der Waals surface area contributed by atoms with Gasteiger partial charge in [-0.15, -0.1) is 0 Å². The first-order chi connectivity index (χ1) is 14.4. The molecule has 2 aliphatic rings. The van der Waals surface area contributed by atoms with Gasteiger partial charge in [-0.1, -0.05) is 29.8 Å². The van der Waals surface area contributed by atoms with Crippen molar-refractivity contribution in [2.75, 3.05) is 13.2 Å². The molecule has 30 heavy (non-hydrogen) atoms. The van der Waals surface area contributed by atoms with Crippen LogP contribution in [0.4, 0.5) is 0 Å². The SMILES string of the molecule is O=C(O)CCC[C@H]1CC[C@@H]2[C@@H](C=C[C@H](O)COc3cccc(Cl)c3)[C@H](O)C[C@@H]2OC1. The summed E-state index contributed by atoms with van der Waals surface area (Å²) in [5.74, 6) is 0.360. The van der Waals surface area contributed by atoms with Crippen LogP contribution in [-0.2, 0) is 9.53 Å². The normalized spacial score (nSPS) is 30.0. The molecule has 0 unspecified atom stereocenters. The lowest BCUT2D eigenvalue weighted by atomic mass is 9.86. The number of carbonyl (C=O) groups is 1. The maximum absolute atomic E-state index is 10.7. The fourth-order valence-electron chi connectivity index (χ4n) is 4.54. The summed E-state index contributed by atoms with van der Waals surface area (Å²) in [5, 5.41) is 30.2. The third-order valence-electron chi connectivity index (χ3n) is 6.12. The minimum atomic E-state index is -0.786. The van der Waals surface area contributed by atoms with E-state index in [1.165, 1.54) is 0 Å². The van der Waals surface area contributed by atoms with Gasteiger partial charge in [0.2, 0.25) is 0 Å². The molecule has 1 aromatic rings. The Morgan fingerprint density at radius 1 is 1.37 bits per heavy atom. The van der Waals surface area contributed by atoms with Gasteiger partial charge < -0.3 is 24.8 Å². The van der Waals surface area contributed by atoms with Gasteiger partial charge in [-0.05, 0) is 55.7 Å². The van der Waals surface area contributed by atoms with E-state index in [0.717, 1.165) is 19.3 Å². The van der Waals surface area contributed by atoms with E-state index in [9.17, 15) is 15.0 Å². The number of aliphatic hydroxyl groups excluding tert-OH is 2. The Labute approximate surface area is 182 Å². The maximum Gasteiger partial charge on any atom is 0.303 e. The molecule has 1 saturated carbocycles. The second kappa shape index (κ2) is 11.1. The number of halogens is 1. The smallest absolute Gasteiger partial charge is 0.303 e. The molecule has 2 fully saturated rings. The average Bonchev–Trinajstić information content (AvgIpc) is 2.86. The summed E-state index contributed by atoms with van der Waals surface area (Å²) in [7, 11) is 0. The molecule has 166 valence electrons. The van der Waals surface area contributed by atoms with Gasteiger partial charge >= 0.3 is 5.97 Å². The number of hydrogen-bond acceptors (Lipinski definition) is 5. The van der Waals surface area contributed by atoms with E-state index in [1.807, 2.05) is 6.08 Å². The number of aliphatic hydroxyl groups is 2. The van der Waals surface area contributed by atoms with Gasteiger partial charge in [0.15, 0.2) is 0 Å². The number of carboxylic acid groups (broad SMARTS) is 1. The van der Waals surface area contributed by atoms with E-state index >= 15 is 0 Å². The van der Waals surface area contributed by atoms with E-state index in [2.05, 4.69) is 0 Å². The van der Waals surface area contributed by atoms with E-state index < -0.39 is 18.2 Å². The maximum atomic E-state index is 10.7. The minimum absolute atomic E-state index is 0.0129. The first kappa shape index (κ1) is 23.1. The second-order valence-electron chi connectivity index (χ2n) is 8.37. The molecule has 7 heteroatoms. The Morgan fingerprint density at radius 3 is 2.97 bits per heavy atom. The zero-order chi connectivity index (χ0) is 21.5. The molecule has 6 atom stereocenters. The third kappa shape index (κ3) is 6.71. The lowest BCUT2D eigenvalue weighted by Gasteiger charge is -2.21. The van der Waals surface area contributed by atoms with Crippen molar-refractivity contribution in [2.24, 2.45) is 17.8 Å². The van der Waals surface area contributed by atoms with Crippen molar-refractivity contribution < 1.29 is 29.6 Å². The molecule has 0 radical (unpaired) electrons. The predicted molar refractivity (Wildman–Crippen MR) is 114 cm³/mol. The largest absolute Gasteiger partial charge is 0.491 e. The Morgan fingerprint density at radius 2 is 2.20 bits per heavy atom. The van der Waals surface area contributed by atoms with Crippen LogP contribution in [0.3, 0.4) is 0 Å². The van der Waals surface area contributed by atoms with Gasteiger partial charge in [0.1, 0.15) is 18.5 Å². The zero-order valence-electron chi connectivity index (χ0n) is 17.0. The van der Waals surface area contributed by atoms with Crippen molar-refractivity contribution >= 4 is 17.6 Å². The Hall–Kier alpha value is -1.60. The van der Waals surface area contributed by atoms with Crippen LogP contribution in [0, 0.1) is 17.8 Å². The van der Waals surface area contributed by atoms with Gasteiger partial charge in [-0.2, -0.15) is 0 Å². The first-order valence-electron chi connectivity index (χ1n) is 10.7. The molecule has 0 amide bonds. The van der Waals surface area contributed by atoms with Crippen LogP contribution < -0.4 is 4.74 Å². The highest BCUT2D eigenvalue weighted by Gasteiger charge is 2.43. The summed E-state index contributed by atoms with van der Waals surface area (Å²) in [5.41, 5.74) is 0. The molecule has 0 aromatic heterocycles. The lowest BCUT2D eigenvalue weighted by Crippen LogP contribution is -2.22. The van der Waals surface area contributed by atoms with Gasteiger partial charge in [0, 0.05) is 30.4 Å². The minimum Gasteiger partial charge on any atom is -0.491 e. The van der Waals surface area contributed by atoms with Gasteiger partial charge in [0.05, 0.1) is 12.2 Å². The van der Waals surface area contributed by atoms with Crippen molar-refractivity contribution in [2.45, 2.75) is 56.8 Å². The summed E-state index contributed by atoms with van der Waals surface area (Å²) in [6.45, 7) is 0.732. The molecule has 0 bridgehead atoms. The molecule has 1 aliphatic carbocycles. The van der Waals surface area contributed by atoms with E-state index in [-0.39, 0.29) is 31.0 Å². The first-order valence-corrected chi connectivity index (χ1v) is 11.1. The Kier molecular flexibility index (Phi) is 8.57. The summed E-state index contributed by atoms with van der Waals surface area (Å²) in [6.07, 6.45) is 6.55. The molecule has 0 spiro atoms. The van der Waals surface area contributed by atoms with Crippen molar-refractivity contribution in [3.63, 3.8) is 0 Å².